The number of nitrogen functional groups attached to an aromatic ring is 1. The standard InChI is InChI=1S/C14H14N4S2/c1-9-7-19-14(16-9)20-8-11-6-10-4-2-3-5-12(10)17-13(11)18-15/h2-7H,8,15H2,1H3,(H,17,18). The smallest absolute Gasteiger partial charge is 0.150 e. The minimum atomic E-state index is 0.726. The molecule has 0 atom stereocenters. The van der Waals surface area contributed by atoms with Crippen LogP contribution in [0.1, 0.15) is 11.3 Å². The molecule has 0 saturated heterocycles. The zero-order valence-electron chi connectivity index (χ0n) is 11.0. The highest BCUT2D eigenvalue weighted by Crippen LogP contribution is 2.29. The molecule has 0 aliphatic rings. The largest absolute Gasteiger partial charge is 0.308 e. The van der Waals surface area contributed by atoms with Gasteiger partial charge in [0.05, 0.1) is 5.52 Å². The van der Waals surface area contributed by atoms with Crippen molar-refractivity contribution >= 4 is 39.8 Å². The highest BCUT2D eigenvalue weighted by molar-refractivity contribution is 8.00. The predicted octanol–water partition coefficient (Wildman–Crippen LogP) is 3.58. The van der Waals surface area contributed by atoms with Gasteiger partial charge in [-0.15, -0.1) is 11.3 Å². The molecule has 3 aromatic rings. The van der Waals surface area contributed by atoms with E-state index in [1.54, 1.807) is 23.1 Å². The Kier molecular flexibility index (Phi) is 3.86. The van der Waals surface area contributed by atoms with E-state index in [4.69, 9.17) is 5.84 Å². The molecular weight excluding hydrogens is 288 g/mol. The maximum Gasteiger partial charge on any atom is 0.150 e. The number of para-hydroxylation sites is 1. The Morgan fingerprint density at radius 1 is 1.30 bits per heavy atom. The second-order valence-electron chi connectivity index (χ2n) is 4.38. The molecule has 1 aromatic carbocycles. The van der Waals surface area contributed by atoms with Gasteiger partial charge in [0.2, 0.25) is 0 Å². The fraction of sp³-hybridized carbons (Fsp3) is 0.143. The predicted molar refractivity (Wildman–Crippen MR) is 86.0 cm³/mol. The Morgan fingerprint density at radius 3 is 2.90 bits per heavy atom. The van der Waals surface area contributed by atoms with E-state index >= 15 is 0 Å². The number of thioether (sulfide) groups is 1. The van der Waals surface area contributed by atoms with Crippen LogP contribution in [0.4, 0.5) is 5.82 Å². The van der Waals surface area contributed by atoms with Crippen LogP contribution in [0.2, 0.25) is 0 Å². The van der Waals surface area contributed by atoms with Crippen molar-refractivity contribution in [3.05, 3.63) is 47.0 Å². The lowest BCUT2D eigenvalue weighted by molar-refractivity contribution is 1.15. The first-order valence-electron chi connectivity index (χ1n) is 6.16. The van der Waals surface area contributed by atoms with Crippen molar-refractivity contribution < 1.29 is 0 Å². The number of hydrogen-bond acceptors (Lipinski definition) is 6. The van der Waals surface area contributed by atoms with Gasteiger partial charge in [-0.1, -0.05) is 30.0 Å². The Bertz CT molecular complexity index is 739. The summed E-state index contributed by atoms with van der Waals surface area (Å²) in [6, 6.07) is 10.2. The molecule has 0 aliphatic heterocycles. The molecule has 0 amide bonds. The number of hydrazine groups is 1. The van der Waals surface area contributed by atoms with Gasteiger partial charge in [-0.05, 0) is 19.1 Å². The van der Waals surface area contributed by atoms with Gasteiger partial charge in [-0.25, -0.2) is 15.8 Å². The molecule has 4 nitrogen and oxygen atoms in total. The number of rotatable bonds is 4. The third-order valence-corrected chi connectivity index (χ3v) is 5.08. The van der Waals surface area contributed by atoms with E-state index in [0.29, 0.717) is 0 Å². The summed E-state index contributed by atoms with van der Waals surface area (Å²) in [5.41, 5.74) is 5.78. The summed E-state index contributed by atoms with van der Waals surface area (Å²) in [5, 5.41) is 3.18. The van der Waals surface area contributed by atoms with Crippen LogP contribution in [-0.2, 0) is 5.75 Å². The van der Waals surface area contributed by atoms with Crippen LogP contribution >= 0.6 is 23.1 Å². The number of fused-ring (bicyclic) bond motifs is 1. The average molecular weight is 302 g/mol. The normalized spacial score (nSPS) is 10.9. The van der Waals surface area contributed by atoms with Crippen molar-refractivity contribution in [2.24, 2.45) is 5.84 Å². The van der Waals surface area contributed by atoms with E-state index in [-0.39, 0.29) is 0 Å². The molecule has 2 heterocycles. The quantitative estimate of drug-likeness (QED) is 0.438. The van der Waals surface area contributed by atoms with Gasteiger partial charge in [-0.2, -0.15) is 0 Å². The van der Waals surface area contributed by atoms with E-state index < -0.39 is 0 Å². The Balaban J connectivity index is 1.89. The summed E-state index contributed by atoms with van der Waals surface area (Å²) < 4.78 is 1.07. The van der Waals surface area contributed by atoms with Gasteiger partial charge in [0.1, 0.15) is 10.2 Å². The van der Waals surface area contributed by atoms with Crippen LogP contribution < -0.4 is 11.3 Å². The first-order valence-corrected chi connectivity index (χ1v) is 8.03. The molecule has 0 saturated carbocycles. The van der Waals surface area contributed by atoms with E-state index in [9.17, 15) is 0 Å². The molecule has 3 N–H and O–H groups in total. The Morgan fingerprint density at radius 2 is 2.15 bits per heavy atom. The van der Waals surface area contributed by atoms with Crippen molar-refractivity contribution in [1.82, 2.24) is 9.97 Å². The lowest BCUT2D eigenvalue weighted by Gasteiger charge is -2.09. The lowest BCUT2D eigenvalue weighted by Crippen LogP contribution is -2.11. The van der Waals surface area contributed by atoms with E-state index in [2.05, 4.69) is 32.9 Å². The van der Waals surface area contributed by atoms with Crippen LogP contribution in [0, 0.1) is 6.92 Å². The molecule has 0 fully saturated rings. The number of nitrogens with one attached hydrogen (secondary N) is 1. The third kappa shape index (κ3) is 2.77. The van der Waals surface area contributed by atoms with Crippen LogP contribution in [0.25, 0.3) is 10.9 Å². The van der Waals surface area contributed by atoms with Crippen LogP contribution in [0.15, 0.2) is 40.1 Å². The molecule has 0 radical (unpaired) electrons. The minimum Gasteiger partial charge on any atom is -0.308 e. The number of anilines is 1. The highest BCUT2D eigenvalue weighted by Gasteiger charge is 2.08. The number of pyridine rings is 1. The summed E-state index contributed by atoms with van der Waals surface area (Å²) in [7, 11) is 0. The van der Waals surface area contributed by atoms with Crippen LogP contribution in [0.5, 0.6) is 0 Å². The van der Waals surface area contributed by atoms with Crippen LogP contribution in [0.3, 0.4) is 0 Å². The highest BCUT2D eigenvalue weighted by atomic mass is 32.2. The van der Waals surface area contributed by atoms with Gasteiger partial charge in [0.15, 0.2) is 0 Å². The van der Waals surface area contributed by atoms with Gasteiger partial charge < -0.3 is 5.43 Å². The maximum absolute atomic E-state index is 5.58. The zero-order chi connectivity index (χ0) is 13.9. The third-order valence-electron chi connectivity index (χ3n) is 2.89. The molecule has 3 rings (SSSR count). The molecular formula is C14H14N4S2. The first-order chi connectivity index (χ1) is 9.76. The number of hydrogen-bond donors (Lipinski definition) is 2. The summed E-state index contributed by atoms with van der Waals surface area (Å²) in [6.07, 6.45) is 0. The molecule has 2 aromatic heterocycles. The minimum absolute atomic E-state index is 0.726. The molecule has 6 heteroatoms. The van der Waals surface area contributed by atoms with Crippen molar-refractivity contribution in [3.8, 4) is 0 Å². The number of aryl methyl sites for hydroxylation is 1. The maximum atomic E-state index is 5.58. The summed E-state index contributed by atoms with van der Waals surface area (Å²) in [6.45, 7) is 2.00. The Labute approximate surface area is 125 Å². The fourth-order valence-electron chi connectivity index (χ4n) is 1.93. The van der Waals surface area contributed by atoms with Crippen molar-refractivity contribution in [2.45, 2.75) is 17.0 Å². The summed E-state index contributed by atoms with van der Waals surface area (Å²) in [5.74, 6) is 7.10. The molecule has 0 aliphatic carbocycles. The second-order valence-corrected chi connectivity index (χ2v) is 6.46. The average Bonchev–Trinajstić information content (AvgIpc) is 2.89. The van der Waals surface area contributed by atoms with Gasteiger partial charge in [-0.3, -0.25) is 0 Å². The van der Waals surface area contributed by atoms with E-state index in [0.717, 1.165) is 38.1 Å². The van der Waals surface area contributed by atoms with Crippen molar-refractivity contribution in [1.29, 1.82) is 0 Å². The zero-order valence-corrected chi connectivity index (χ0v) is 12.6. The SMILES string of the molecule is Cc1csc(SCc2cc3ccccc3nc2NN)n1. The summed E-state index contributed by atoms with van der Waals surface area (Å²) >= 11 is 3.37. The number of nitrogens with two attached hydrogens (primary N) is 1. The van der Waals surface area contributed by atoms with E-state index in [1.807, 2.05) is 25.1 Å². The molecule has 0 bridgehead atoms. The monoisotopic (exact) mass is 302 g/mol. The number of benzene rings is 1. The lowest BCUT2D eigenvalue weighted by atomic mass is 10.1. The van der Waals surface area contributed by atoms with Crippen LogP contribution in [-0.4, -0.2) is 9.97 Å². The topological polar surface area (TPSA) is 63.8 Å². The van der Waals surface area contributed by atoms with Gasteiger partial charge in [0, 0.05) is 27.8 Å². The van der Waals surface area contributed by atoms with Gasteiger partial charge in [0.25, 0.3) is 0 Å². The van der Waals surface area contributed by atoms with E-state index in [1.165, 1.54) is 0 Å². The van der Waals surface area contributed by atoms with Gasteiger partial charge >= 0.3 is 0 Å². The van der Waals surface area contributed by atoms with Crippen molar-refractivity contribution in [2.75, 3.05) is 5.43 Å². The number of aromatic nitrogens is 2. The van der Waals surface area contributed by atoms with Crippen molar-refractivity contribution in [3.63, 3.8) is 0 Å². The summed E-state index contributed by atoms with van der Waals surface area (Å²) in [4.78, 5) is 9.00. The fourth-order valence-corrected chi connectivity index (χ4v) is 3.75. The molecule has 0 spiro atoms. The molecule has 0 unspecified atom stereocenters. The Hall–Kier alpha value is -1.63. The number of nitrogens with zero attached hydrogens (tertiary/aromatic N) is 2. The molecule has 102 valence electrons. The first kappa shape index (κ1) is 13.4. The molecule has 20 heavy (non-hydrogen) atoms. The number of thiazole rings is 1. The second kappa shape index (κ2) is 5.78.